The molecule has 0 amide bonds. The molecule has 1 atom stereocenters. The van der Waals surface area contributed by atoms with Crippen LogP contribution in [0.1, 0.15) is 26.3 Å². The molecule has 0 aliphatic heterocycles. The van der Waals surface area contributed by atoms with Crippen LogP contribution in [0.2, 0.25) is 0 Å². The first kappa shape index (κ1) is 12.3. The van der Waals surface area contributed by atoms with Gasteiger partial charge >= 0.3 is 0 Å². The van der Waals surface area contributed by atoms with Crippen LogP contribution in [-0.2, 0) is 11.4 Å². The Balaban J connectivity index is 2.90. The molecule has 1 rings (SSSR count). The molecule has 0 radical (unpaired) electrons. The molecule has 0 aromatic heterocycles. The van der Waals surface area contributed by atoms with Crippen LogP contribution in [0.5, 0.6) is 0 Å². The van der Waals surface area contributed by atoms with Crippen molar-refractivity contribution in [3.63, 3.8) is 0 Å². The predicted molar refractivity (Wildman–Crippen MR) is 65.8 cm³/mol. The van der Waals surface area contributed by atoms with Crippen molar-refractivity contribution in [3.05, 3.63) is 36.4 Å². The Morgan fingerprint density at radius 1 is 1.33 bits per heavy atom. The zero-order valence-corrected chi connectivity index (χ0v) is 10.2. The summed E-state index contributed by atoms with van der Waals surface area (Å²) in [4.78, 5) is 0.780. The van der Waals surface area contributed by atoms with Crippen LogP contribution in [0.25, 0.3) is 6.08 Å². The van der Waals surface area contributed by atoms with Gasteiger partial charge in [-0.1, -0.05) is 24.8 Å². The van der Waals surface area contributed by atoms with Crippen LogP contribution in [0, 0.1) is 0 Å². The minimum absolute atomic E-state index is 0.168. The van der Waals surface area contributed by atoms with E-state index < -0.39 is 11.4 Å². The summed E-state index contributed by atoms with van der Waals surface area (Å²) in [5.41, 5.74) is 0.742. The minimum Gasteiger partial charge on any atom is -0.593 e. The fourth-order valence-corrected chi connectivity index (χ4v) is 2.38. The lowest BCUT2D eigenvalue weighted by molar-refractivity contribution is 0.491. The molecule has 1 aromatic carbocycles. The van der Waals surface area contributed by atoms with E-state index in [0.29, 0.717) is 0 Å². The van der Waals surface area contributed by atoms with Crippen molar-refractivity contribution in [1.82, 2.24) is 4.72 Å². The predicted octanol–water partition coefficient (Wildman–Crippen LogP) is 2.74. The summed E-state index contributed by atoms with van der Waals surface area (Å²) in [7, 11) is 0. The Morgan fingerprint density at radius 3 is 2.47 bits per heavy atom. The third-order valence-electron chi connectivity index (χ3n) is 1.74. The Hall–Kier alpha value is -0.770. The first-order valence-electron chi connectivity index (χ1n) is 4.85. The number of rotatable bonds is 3. The van der Waals surface area contributed by atoms with Crippen LogP contribution >= 0.6 is 0 Å². The minimum atomic E-state index is -1.19. The summed E-state index contributed by atoms with van der Waals surface area (Å²) in [5.74, 6) is 0. The smallest absolute Gasteiger partial charge is 0.181 e. The van der Waals surface area contributed by atoms with Crippen LogP contribution in [0.15, 0.2) is 35.7 Å². The van der Waals surface area contributed by atoms with Gasteiger partial charge in [-0.05, 0) is 32.9 Å². The highest BCUT2D eigenvalue weighted by atomic mass is 32.2. The highest BCUT2D eigenvalue weighted by molar-refractivity contribution is 7.89. The van der Waals surface area contributed by atoms with E-state index >= 15 is 0 Å². The van der Waals surface area contributed by atoms with Crippen molar-refractivity contribution in [1.29, 1.82) is 0 Å². The normalized spacial score (nSPS) is 13.6. The summed E-state index contributed by atoms with van der Waals surface area (Å²) < 4.78 is 15.0. The molecule has 0 fully saturated rings. The number of benzene rings is 1. The quantitative estimate of drug-likeness (QED) is 0.800. The summed E-state index contributed by atoms with van der Waals surface area (Å²) in [5, 5.41) is 0. The highest BCUT2D eigenvalue weighted by Gasteiger charge is 2.21. The van der Waals surface area contributed by atoms with E-state index in [-0.39, 0.29) is 5.54 Å². The van der Waals surface area contributed by atoms with E-state index in [2.05, 4.69) is 11.3 Å². The molecule has 82 valence electrons. The molecule has 15 heavy (non-hydrogen) atoms. The van der Waals surface area contributed by atoms with Crippen molar-refractivity contribution in [3.8, 4) is 0 Å². The lowest BCUT2D eigenvalue weighted by Gasteiger charge is -2.22. The second kappa shape index (κ2) is 4.84. The van der Waals surface area contributed by atoms with Crippen LogP contribution < -0.4 is 4.72 Å². The lowest BCUT2D eigenvalue weighted by atomic mass is 10.1. The van der Waals surface area contributed by atoms with Crippen LogP contribution in [0.4, 0.5) is 0 Å². The Bertz CT molecular complexity index is 344. The van der Waals surface area contributed by atoms with Gasteiger partial charge in [0.2, 0.25) is 0 Å². The SMILES string of the molecule is C=Cc1ccccc1[S+]([O-])NC(C)(C)C. The largest absolute Gasteiger partial charge is 0.593 e. The summed E-state index contributed by atoms with van der Waals surface area (Å²) in [6.07, 6.45) is 1.72. The fourth-order valence-electron chi connectivity index (χ4n) is 1.15. The molecule has 0 spiro atoms. The monoisotopic (exact) mass is 223 g/mol. The van der Waals surface area contributed by atoms with Gasteiger partial charge in [0.15, 0.2) is 4.90 Å². The molecule has 1 unspecified atom stereocenters. The zero-order chi connectivity index (χ0) is 11.5. The Labute approximate surface area is 94.7 Å². The average Bonchev–Trinajstić information content (AvgIpc) is 2.15. The molecule has 0 bridgehead atoms. The molecule has 2 nitrogen and oxygen atoms in total. The maximum Gasteiger partial charge on any atom is 0.181 e. The maximum atomic E-state index is 12.0. The molecule has 3 heteroatoms. The Morgan fingerprint density at radius 2 is 1.93 bits per heavy atom. The third-order valence-corrected chi connectivity index (χ3v) is 3.31. The van der Waals surface area contributed by atoms with Gasteiger partial charge in [-0.2, -0.15) is 0 Å². The van der Waals surface area contributed by atoms with Crippen LogP contribution in [0.3, 0.4) is 0 Å². The third kappa shape index (κ3) is 3.70. The van der Waals surface area contributed by atoms with Gasteiger partial charge in [0.05, 0.1) is 16.9 Å². The maximum absolute atomic E-state index is 12.0. The summed E-state index contributed by atoms with van der Waals surface area (Å²) in [6, 6.07) is 7.55. The first-order valence-corrected chi connectivity index (χ1v) is 6.00. The summed E-state index contributed by atoms with van der Waals surface area (Å²) >= 11 is -1.19. The number of nitrogens with one attached hydrogen (secondary N) is 1. The van der Waals surface area contributed by atoms with Gasteiger partial charge < -0.3 is 4.55 Å². The molecule has 0 saturated carbocycles. The van der Waals surface area contributed by atoms with Gasteiger partial charge in [-0.25, -0.2) is 0 Å². The average molecular weight is 223 g/mol. The first-order chi connectivity index (χ1) is 6.94. The van der Waals surface area contributed by atoms with Crippen LogP contribution in [-0.4, -0.2) is 10.1 Å². The molecule has 0 aliphatic rings. The Kier molecular flexibility index (Phi) is 3.97. The summed E-state index contributed by atoms with van der Waals surface area (Å²) in [6.45, 7) is 9.67. The molecule has 0 saturated heterocycles. The second-order valence-corrected chi connectivity index (χ2v) is 5.54. The highest BCUT2D eigenvalue weighted by Crippen LogP contribution is 2.18. The van der Waals surface area contributed by atoms with E-state index in [1.54, 1.807) is 6.08 Å². The van der Waals surface area contributed by atoms with Crippen molar-refractivity contribution >= 4 is 17.4 Å². The molecular formula is C12H17NOS. The van der Waals surface area contributed by atoms with Crippen molar-refractivity contribution in [2.45, 2.75) is 31.2 Å². The van der Waals surface area contributed by atoms with Crippen molar-refractivity contribution < 1.29 is 4.55 Å². The zero-order valence-electron chi connectivity index (χ0n) is 9.41. The molecule has 0 heterocycles. The van der Waals surface area contributed by atoms with E-state index in [1.807, 2.05) is 45.0 Å². The molecule has 1 aromatic rings. The van der Waals surface area contributed by atoms with Gasteiger partial charge in [-0.15, -0.1) is 4.72 Å². The standard InChI is InChI=1S/C12H17NOS/c1-5-10-8-6-7-9-11(10)15(14)13-12(2,3)4/h5-9,13H,1H2,2-4H3. The van der Waals surface area contributed by atoms with E-state index in [4.69, 9.17) is 0 Å². The fraction of sp³-hybridized carbons (Fsp3) is 0.333. The lowest BCUT2D eigenvalue weighted by Crippen LogP contribution is -2.40. The number of hydrogen-bond acceptors (Lipinski definition) is 2. The van der Waals surface area contributed by atoms with E-state index in [1.165, 1.54) is 0 Å². The van der Waals surface area contributed by atoms with Gasteiger partial charge in [0.1, 0.15) is 0 Å². The van der Waals surface area contributed by atoms with Crippen molar-refractivity contribution in [2.75, 3.05) is 0 Å². The van der Waals surface area contributed by atoms with Gasteiger partial charge in [0, 0.05) is 5.56 Å². The number of hydrogen-bond donors (Lipinski definition) is 1. The second-order valence-electron chi connectivity index (χ2n) is 4.36. The molecule has 0 aliphatic carbocycles. The molecular weight excluding hydrogens is 206 g/mol. The van der Waals surface area contributed by atoms with Crippen molar-refractivity contribution in [2.24, 2.45) is 0 Å². The van der Waals surface area contributed by atoms with E-state index in [9.17, 15) is 4.55 Å². The molecule has 1 N–H and O–H groups in total. The van der Waals surface area contributed by atoms with E-state index in [0.717, 1.165) is 10.5 Å². The van der Waals surface area contributed by atoms with Gasteiger partial charge in [0.25, 0.3) is 0 Å². The van der Waals surface area contributed by atoms with Gasteiger partial charge in [-0.3, -0.25) is 0 Å². The topological polar surface area (TPSA) is 35.1 Å².